The third-order valence-electron chi connectivity index (χ3n) is 4.36. The highest BCUT2D eigenvalue weighted by atomic mass is 19.4. The molecule has 8 nitrogen and oxygen atoms in total. The summed E-state index contributed by atoms with van der Waals surface area (Å²) in [6.07, 6.45) is 2.21. The molecular formula is C21H25F3N6O2. The minimum atomic E-state index is -4.51. The summed E-state index contributed by atoms with van der Waals surface area (Å²) in [7, 11) is 3.28. The number of aromatic amines is 1. The summed E-state index contributed by atoms with van der Waals surface area (Å²) in [6.45, 7) is 5.89. The fraction of sp³-hybridized carbons (Fsp3) is 0.333. The molecule has 0 amide bonds. The summed E-state index contributed by atoms with van der Waals surface area (Å²) in [5.41, 5.74) is 7.56. The minimum Gasteiger partial charge on any atom is -0.481 e. The molecule has 3 aromatic rings. The van der Waals surface area contributed by atoms with Crippen LogP contribution < -0.4 is 10.5 Å². The molecule has 172 valence electrons. The quantitative estimate of drug-likeness (QED) is 0.633. The average Bonchev–Trinajstić information content (AvgIpc) is 3.45. The molecule has 0 bridgehead atoms. The summed E-state index contributed by atoms with van der Waals surface area (Å²) < 4.78 is 46.6. The largest absolute Gasteiger partial charge is 0.481 e. The molecule has 3 heterocycles. The van der Waals surface area contributed by atoms with Crippen molar-refractivity contribution in [3.05, 3.63) is 53.2 Å². The van der Waals surface area contributed by atoms with Crippen molar-refractivity contribution in [2.75, 3.05) is 7.11 Å². The number of H-pyrrole nitrogens is 1. The van der Waals surface area contributed by atoms with E-state index in [2.05, 4.69) is 20.3 Å². The Balaban J connectivity index is 0.000000547. The molecule has 32 heavy (non-hydrogen) atoms. The number of nitrogens with zero attached hydrogens (tertiary/aromatic N) is 4. The molecule has 11 heteroatoms. The molecule has 0 radical (unpaired) electrons. The lowest BCUT2D eigenvalue weighted by Gasteiger charge is -2.11. The Morgan fingerprint density at radius 2 is 1.84 bits per heavy atom. The lowest BCUT2D eigenvalue weighted by Crippen LogP contribution is -2.08. The summed E-state index contributed by atoms with van der Waals surface area (Å²) >= 11 is 0. The Morgan fingerprint density at radius 1 is 1.19 bits per heavy atom. The monoisotopic (exact) mass is 450 g/mol. The zero-order valence-electron chi connectivity index (χ0n) is 18.2. The van der Waals surface area contributed by atoms with E-state index < -0.39 is 11.9 Å². The maximum absolute atomic E-state index is 13.2. The first-order valence-corrected chi connectivity index (χ1v) is 9.54. The van der Waals surface area contributed by atoms with Crippen LogP contribution in [-0.2, 0) is 24.4 Å². The number of rotatable bonds is 3. The predicted molar refractivity (Wildman–Crippen MR) is 114 cm³/mol. The number of methoxy groups -OCH3 is 1. The summed E-state index contributed by atoms with van der Waals surface area (Å²) in [4.78, 5) is 12.4. The Morgan fingerprint density at radius 3 is 2.44 bits per heavy atom. The number of halogens is 3. The smallest absolute Gasteiger partial charge is 0.433 e. The molecule has 3 N–H and O–H groups in total. The van der Waals surface area contributed by atoms with E-state index in [1.54, 1.807) is 30.2 Å². The van der Waals surface area contributed by atoms with Crippen LogP contribution in [0.25, 0.3) is 16.7 Å². The van der Waals surface area contributed by atoms with Gasteiger partial charge in [0.05, 0.1) is 30.8 Å². The summed E-state index contributed by atoms with van der Waals surface area (Å²) in [6, 6.07) is 2.15. The van der Waals surface area contributed by atoms with E-state index in [1.165, 1.54) is 13.3 Å². The van der Waals surface area contributed by atoms with Crippen molar-refractivity contribution in [2.24, 2.45) is 12.8 Å². The first-order chi connectivity index (χ1) is 15.1. The van der Waals surface area contributed by atoms with Crippen molar-refractivity contribution >= 4 is 12.4 Å². The van der Waals surface area contributed by atoms with Crippen molar-refractivity contribution in [2.45, 2.75) is 32.5 Å². The molecule has 0 aliphatic heterocycles. The van der Waals surface area contributed by atoms with Crippen LogP contribution >= 0.6 is 0 Å². The van der Waals surface area contributed by atoms with Crippen molar-refractivity contribution in [3.8, 4) is 17.0 Å². The Bertz CT molecular complexity index is 1080. The molecule has 0 aromatic carbocycles. The van der Waals surface area contributed by atoms with Gasteiger partial charge in [-0.2, -0.15) is 23.4 Å². The number of carbonyl (C=O) groups excluding carboxylic acids is 1. The number of aromatic nitrogens is 5. The Labute approximate surface area is 183 Å². The first-order valence-electron chi connectivity index (χ1n) is 9.54. The third-order valence-corrected chi connectivity index (χ3v) is 4.36. The van der Waals surface area contributed by atoms with Crippen LogP contribution in [0.1, 0.15) is 36.4 Å². The van der Waals surface area contributed by atoms with Crippen molar-refractivity contribution in [1.29, 1.82) is 0 Å². The minimum absolute atomic E-state index is 0.0216. The van der Waals surface area contributed by atoms with Gasteiger partial charge in [0.25, 0.3) is 0 Å². The van der Waals surface area contributed by atoms with Crippen molar-refractivity contribution in [1.82, 2.24) is 25.0 Å². The molecule has 0 fully saturated rings. The van der Waals surface area contributed by atoms with Gasteiger partial charge in [-0.3, -0.25) is 10.1 Å². The number of alkyl halides is 3. The number of ether oxygens (including phenoxy) is 1. The van der Waals surface area contributed by atoms with Gasteiger partial charge in [-0.05, 0) is 17.7 Å². The van der Waals surface area contributed by atoms with Gasteiger partial charge in [-0.15, -0.1) is 0 Å². The molecule has 0 saturated carbocycles. The maximum Gasteiger partial charge on any atom is 0.433 e. The van der Waals surface area contributed by atoms with E-state index in [1.807, 2.05) is 26.7 Å². The number of hydrogen-bond acceptors (Lipinski definition) is 6. The molecule has 0 atom stereocenters. The number of nitrogens with two attached hydrogens (primary N) is 1. The fourth-order valence-electron chi connectivity index (χ4n) is 3.17. The second-order valence-corrected chi connectivity index (χ2v) is 7.13. The average molecular weight is 450 g/mol. The second kappa shape index (κ2) is 10.2. The zero-order valence-corrected chi connectivity index (χ0v) is 18.2. The number of hydrogen-bond donors (Lipinski definition) is 2. The van der Waals surface area contributed by atoms with Gasteiger partial charge in [0.1, 0.15) is 12.5 Å². The lowest BCUT2D eigenvalue weighted by molar-refractivity contribution is -0.141. The van der Waals surface area contributed by atoms with Crippen LogP contribution in [0.15, 0.2) is 30.7 Å². The van der Waals surface area contributed by atoms with Gasteiger partial charge in [0.2, 0.25) is 5.88 Å². The van der Waals surface area contributed by atoms with Gasteiger partial charge < -0.3 is 15.3 Å². The van der Waals surface area contributed by atoms with Gasteiger partial charge in [0, 0.05) is 36.4 Å². The Kier molecular flexibility index (Phi) is 7.92. The highest BCUT2D eigenvalue weighted by Gasteiger charge is 2.37. The van der Waals surface area contributed by atoms with E-state index in [0.717, 1.165) is 16.8 Å². The van der Waals surface area contributed by atoms with E-state index in [4.69, 9.17) is 15.3 Å². The highest BCUT2D eigenvalue weighted by molar-refractivity contribution is 5.87. The van der Waals surface area contributed by atoms with Crippen LogP contribution in [0, 0.1) is 0 Å². The molecule has 1 aliphatic rings. The summed E-state index contributed by atoms with van der Waals surface area (Å²) in [5, 5.41) is 9.79. The molecule has 0 unspecified atom stereocenters. The van der Waals surface area contributed by atoms with Crippen LogP contribution in [0.5, 0.6) is 5.88 Å². The van der Waals surface area contributed by atoms with E-state index in [-0.39, 0.29) is 5.56 Å². The standard InChI is InChI=1S/C17H14F3N5O.C3H9N.CH2O/c1-25-16(26-2)12(8-23-25)9-5-11-10(3-4-14(11)21-6-9)13-7-22-24-15(13)17(18,19)20;1-3(2)4;1-2/h3,5-8H,4H2,1-2H3,(H,22,24);3H,4H2,1-2H3;1H2. The summed E-state index contributed by atoms with van der Waals surface area (Å²) in [5.74, 6) is 0.551. The SMILES string of the molecule is C=O.CC(C)N.COc1c(-c2cnc3c(c2)C(c2cn[nH]c2C(F)(F)F)=CC3)cnn1C. The van der Waals surface area contributed by atoms with Crippen molar-refractivity contribution < 1.29 is 22.7 Å². The van der Waals surface area contributed by atoms with Crippen molar-refractivity contribution in [3.63, 3.8) is 0 Å². The van der Waals surface area contributed by atoms with Gasteiger partial charge >= 0.3 is 6.18 Å². The van der Waals surface area contributed by atoms with Crippen LogP contribution in [0.2, 0.25) is 0 Å². The number of nitrogens with one attached hydrogen (secondary N) is 1. The number of aryl methyl sites for hydroxylation is 1. The van der Waals surface area contributed by atoms with Crippen LogP contribution in [0.3, 0.4) is 0 Å². The molecule has 3 aromatic heterocycles. The molecule has 1 aliphatic carbocycles. The van der Waals surface area contributed by atoms with Crippen LogP contribution in [0.4, 0.5) is 13.2 Å². The number of fused-ring (bicyclic) bond motifs is 1. The molecular weight excluding hydrogens is 425 g/mol. The van der Waals surface area contributed by atoms with E-state index >= 15 is 0 Å². The maximum atomic E-state index is 13.2. The molecule has 4 rings (SSSR count). The predicted octanol–water partition coefficient (Wildman–Crippen LogP) is 3.39. The van der Waals surface area contributed by atoms with Crippen LogP contribution in [-0.4, -0.2) is 44.9 Å². The van der Waals surface area contributed by atoms with Gasteiger partial charge in [0.15, 0.2) is 0 Å². The van der Waals surface area contributed by atoms with Gasteiger partial charge in [-0.25, -0.2) is 4.68 Å². The molecule has 0 saturated heterocycles. The number of carbonyl (C=O) groups is 1. The van der Waals surface area contributed by atoms with Gasteiger partial charge in [-0.1, -0.05) is 19.9 Å². The number of pyridine rings is 1. The Hall–Kier alpha value is -3.47. The fourth-order valence-corrected chi connectivity index (χ4v) is 3.17. The number of allylic oxidation sites excluding steroid dienone is 1. The zero-order chi connectivity index (χ0) is 24.1. The molecule has 0 spiro atoms. The first kappa shape index (κ1) is 24.8. The normalized spacial score (nSPS) is 12.3. The van der Waals surface area contributed by atoms with E-state index in [9.17, 15) is 13.2 Å². The lowest BCUT2D eigenvalue weighted by atomic mass is 9.99. The second-order valence-electron chi connectivity index (χ2n) is 7.13. The topological polar surface area (TPSA) is 112 Å². The third kappa shape index (κ3) is 5.22. The highest BCUT2D eigenvalue weighted by Crippen LogP contribution is 2.40. The van der Waals surface area contributed by atoms with E-state index in [0.29, 0.717) is 29.5 Å².